The largest absolute Gasteiger partial charge is 0.379 e. The van der Waals surface area contributed by atoms with Gasteiger partial charge in [-0.1, -0.05) is 23.8 Å². The number of anilines is 1. The predicted octanol–water partition coefficient (Wildman–Crippen LogP) is 3.29. The summed E-state index contributed by atoms with van der Waals surface area (Å²) in [5.41, 5.74) is 7.96. The summed E-state index contributed by atoms with van der Waals surface area (Å²) in [6.45, 7) is 4.32. The van der Waals surface area contributed by atoms with Gasteiger partial charge in [-0.05, 0) is 31.0 Å². The fourth-order valence-electron chi connectivity index (χ4n) is 2.11. The third kappa shape index (κ3) is 3.37. The van der Waals surface area contributed by atoms with E-state index in [1.54, 1.807) is 0 Å². The first-order valence-electron chi connectivity index (χ1n) is 6.47. The number of nitrogens with two attached hydrogens (primary N) is 1. The number of rotatable bonds is 4. The summed E-state index contributed by atoms with van der Waals surface area (Å²) in [4.78, 5) is 11.1. The van der Waals surface area contributed by atoms with Crippen molar-refractivity contribution in [3.63, 3.8) is 0 Å². The molecule has 0 spiro atoms. The van der Waals surface area contributed by atoms with Crippen molar-refractivity contribution in [3.8, 4) is 0 Å². The molecule has 0 bridgehead atoms. The minimum Gasteiger partial charge on any atom is -0.379 e. The van der Waals surface area contributed by atoms with Gasteiger partial charge in [-0.15, -0.1) is 0 Å². The van der Waals surface area contributed by atoms with Crippen LogP contribution in [0.1, 0.15) is 27.0 Å². The molecular weight excluding hydrogens is 274 g/mol. The molecule has 2 aromatic rings. The number of aryl methyl sites for hydroxylation is 2. The molecule has 3 N–H and O–H groups in total. The summed E-state index contributed by atoms with van der Waals surface area (Å²) in [5.74, 6) is -2.65. The van der Waals surface area contributed by atoms with Crippen LogP contribution in [0.15, 0.2) is 30.3 Å². The molecule has 0 aliphatic carbocycles. The smallest absolute Gasteiger partial charge is 0.251 e. The molecule has 21 heavy (non-hydrogen) atoms. The molecule has 0 saturated carbocycles. The Morgan fingerprint density at radius 1 is 1.14 bits per heavy atom. The van der Waals surface area contributed by atoms with Crippen molar-refractivity contribution in [3.05, 3.63) is 64.2 Å². The van der Waals surface area contributed by atoms with Gasteiger partial charge < -0.3 is 11.1 Å². The van der Waals surface area contributed by atoms with Crippen LogP contribution in [0.2, 0.25) is 0 Å². The SMILES string of the molecule is Cc1ccc(CNc2cc(C(N)=O)c(F)cc2F)c(C)c1. The molecule has 0 atom stereocenters. The Morgan fingerprint density at radius 3 is 2.48 bits per heavy atom. The van der Waals surface area contributed by atoms with Crippen LogP contribution in [0, 0.1) is 25.5 Å². The van der Waals surface area contributed by atoms with E-state index in [0.29, 0.717) is 12.6 Å². The first-order chi connectivity index (χ1) is 9.88. The van der Waals surface area contributed by atoms with Gasteiger partial charge in [0.1, 0.15) is 11.6 Å². The number of primary amides is 1. The number of halogens is 2. The van der Waals surface area contributed by atoms with Gasteiger partial charge in [0.2, 0.25) is 0 Å². The van der Waals surface area contributed by atoms with Gasteiger partial charge in [0.25, 0.3) is 5.91 Å². The number of nitrogens with one attached hydrogen (secondary N) is 1. The normalized spacial score (nSPS) is 10.5. The molecule has 0 heterocycles. The summed E-state index contributed by atoms with van der Waals surface area (Å²) < 4.78 is 27.1. The maximum atomic E-state index is 13.7. The number of amides is 1. The van der Waals surface area contributed by atoms with E-state index in [0.717, 1.165) is 22.8 Å². The fraction of sp³-hybridized carbons (Fsp3) is 0.188. The van der Waals surface area contributed by atoms with E-state index in [2.05, 4.69) is 5.32 Å². The number of hydrogen-bond donors (Lipinski definition) is 2. The average Bonchev–Trinajstić information content (AvgIpc) is 2.39. The number of hydrogen-bond acceptors (Lipinski definition) is 2. The Kier molecular flexibility index (Phi) is 4.21. The maximum absolute atomic E-state index is 13.7. The van der Waals surface area contributed by atoms with Crippen LogP contribution >= 0.6 is 0 Å². The van der Waals surface area contributed by atoms with Crippen LogP contribution in [0.4, 0.5) is 14.5 Å². The zero-order valence-electron chi connectivity index (χ0n) is 11.8. The van der Waals surface area contributed by atoms with E-state index >= 15 is 0 Å². The molecule has 0 saturated heterocycles. The second-order valence-corrected chi connectivity index (χ2v) is 4.96. The van der Waals surface area contributed by atoms with Crippen LogP contribution in [0.5, 0.6) is 0 Å². The lowest BCUT2D eigenvalue weighted by Crippen LogP contribution is -2.14. The number of benzene rings is 2. The van der Waals surface area contributed by atoms with Crippen LogP contribution in [0.3, 0.4) is 0 Å². The molecule has 0 fully saturated rings. The molecule has 0 radical (unpaired) electrons. The van der Waals surface area contributed by atoms with Crippen molar-refractivity contribution in [1.82, 2.24) is 0 Å². The highest BCUT2D eigenvalue weighted by molar-refractivity contribution is 5.94. The maximum Gasteiger partial charge on any atom is 0.251 e. The van der Waals surface area contributed by atoms with Crippen molar-refractivity contribution in [2.75, 3.05) is 5.32 Å². The molecule has 3 nitrogen and oxygen atoms in total. The third-order valence-electron chi connectivity index (χ3n) is 3.29. The van der Waals surface area contributed by atoms with Crippen LogP contribution in [-0.2, 0) is 6.54 Å². The quantitative estimate of drug-likeness (QED) is 0.907. The van der Waals surface area contributed by atoms with Crippen LogP contribution in [0.25, 0.3) is 0 Å². The standard InChI is InChI=1S/C16H16F2N2O/c1-9-3-4-11(10(2)5-9)8-20-15-6-12(16(19)21)13(17)7-14(15)18/h3-7,20H,8H2,1-2H3,(H2,19,21). The van der Waals surface area contributed by atoms with Gasteiger partial charge >= 0.3 is 0 Å². The van der Waals surface area contributed by atoms with E-state index in [4.69, 9.17) is 5.73 Å². The van der Waals surface area contributed by atoms with E-state index < -0.39 is 17.5 Å². The highest BCUT2D eigenvalue weighted by Gasteiger charge is 2.13. The van der Waals surface area contributed by atoms with Gasteiger partial charge in [0.15, 0.2) is 0 Å². The molecule has 110 valence electrons. The zero-order chi connectivity index (χ0) is 15.6. The van der Waals surface area contributed by atoms with E-state index in [9.17, 15) is 13.6 Å². The second-order valence-electron chi connectivity index (χ2n) is 4.96. The summed E-state index contributed by atoms with van der Waals surface area (Å²) >= 11 is 0. The van der Waals surface area contributed by atoms with Gasteiger partial charge in [0.05, 0.1) is 11.3 Å². The lowest BCUT2D eigenvalue weighted by Gasteiger charge is -2.12. The highest BCUT2D eigenvalue weighted by Crippen LogP contribution is 2.21. The number of carbonyl (C=O) groups excluding carboxylic acids is 1. The van der Waals surface area contributed by atoms with Crippen molar-refractivity contribution in [1.29, 1.82) is 0 Å². The minimum absolute atomic E-state index is 0.0465. The molecular formula is C16H16F2N2O. The minimum atomic E-state index is -0.961. The molecule has 2 rings (SSSR count). The summed E-state index contributed by atoms with van der Waals surface area (Å²) in [5, 5.41) is 2.86. The first-order valence-corrected chi connectivity index (χ1v) is 6.47. The van der Waals surface area contributed by atoms with Crippen molar-refractivity contribution >= 4 is 11.6 Å². The first kappa shape index (κ1) is 15.0. The zero-order valence-corrected chi connectivity index (χ0v) is 11.8. The van der Waals surface area contributed by atoms with Crippen molar-refractivity contribution in [2.24, 2.45) is 5.73 Å². The summed E-state index contributed by atoms with van der Waals surface area (Å²) in [7, 11) is 0. The van der Waals surface area contributed by atoms with Crippen LogP contribution < -0.4 is 11.1 Å². The lowest BCUT2D eigenvalue weighted by atomic mass is 10.1. The van der Waals surface area contributed by atoms with E-state index in [1.807, 2.05) is 32.0 Å². The topological polar surface area (TPSA) is 55.1 Å². The Hall–Kier alpha value is -2.43. The Labute approximate surface area is 121 Å². The summed E-state index contributed by atoms with van der Waals surface area (Å²) in [6.07, 6.45) is 0. The number of carbonyl (C=O) groups is 1. The molecule has 2 aromatic carbocycles. The van der Waals surface area contributed by atoms with Crippen LogP contribution in [-0.4, -0.2) is 5.91 Å². The Balaban J connectivity index is 2.23. The lowest BCUT2D eigenvalue weighted by molar-refractivity contribution is 0.0996. The molecule has 0 aliphatic heterocycles. The average molecular weight is 290 g/mol. The van der Waals surface area contributed by atoms with Crippen molar-refractivity contribution < 1.29 is 13.6 Å². The molecule has 0 unspecified atom stereocenters. The third-order valence-corrected chi connectivity index (χ3v) is 3.29. The Bertz CT molecular complexity index is 699. The monoisotopic (exact) mass is 290 g/mol. The van der Waals surface area contributed by atoms with Crippen molar-refractivity contribution in [2.45, 2.75) is 20.4 Å². The van der Waals surface area contributed by atoms with Gasteiger partial charge in [-0.25, -0.2) is 8.78 Å². The summed E-state index contributed by atoms with van der Waals surface area (Å²) in [6, 6.07) is 7.67. The molecule has 0 aliphatic rings. The highest BCUT2D eigenvalue weighted by atomic mass is 19.1. The van der Waals surface area contributed by atoms with Gasteiger partial charge in [-0.2, -0.15) is 0 Å². The second kappa shape index (κ2) is 5.91. The van der Waals surface area contributed by atoms with Gasteiger partial charge in [-0.3, -0.25) is 4.79 Å². The van der Waals surface area contributed by atoms with E-state index in [-0.39, 0.29) is 11.3 Å². The predicted molar refractivity (Wildman–Crippen MR) is 78.1 cm³/mol. The van der Waals surface area contributed by atoms with Gasteiger partial charge in [0, 0.05) is 12.6 Å². The molecule has 0 aromatic heterocycles. The van der Waals surface area contributed by atoms with E-state index in [1.165, 1.54) is 0 Å². The fourth-order valence-corrected chi connectivity index (χ4v) is 2.11. The molecule has 1 amide bonds. The Morgan fingerprint density at radius 2 is 1.86 bits per heavy atom. The molecule has 5 heteroatoms.